The summed E-state index contributed by atoms with van der Waals surface area (Å²) in [5.41, 5.74) is 0.854. The maximum absolute atomic E-state index is 14.5. The van der Waals surface area contributed by atoms with E-state index in [0.717, 1.165) is 56.4 Å². The van der Waals surface area contributed by atoms with Gasteiger partial charge in [-0.2, -0.15) is 0 Å². The Bertz CT molecular complexity index is 989. The van der Waals surface area contributed by atoms with Gasteiger partial charge in [-0.25, -0.2) is 0 Å². The van der Waals surface area contributed by atoms with Crippen molar-refractivity contribution in [2.75, 3.05) is 33.4 Å². The summed E-state index contributed by atoms with van der Waals surface area (Å²) >= 11 is 12.8. The minimum absolute atomic E-state index is 0.0907. The van der Waals surface area contributed by atoms with Crippen LogP contribution in [0.15, 0.2) is 42.5 Å². The van der Waals surface area contributed by atoms with Gasteiger partial charge in [0.2, 0.25) is 0 Å². The average molecular weight is 520 g/mol. The molecule has 5 nitrogen and oxygen atoms in total. The number of hydrogen-bond donors (Lipinski definition) is 1. The Morgan fingerprint density at radius 3 is 2.66 bits per heavy atom. The third-order valence-corrected chi connectivity index (χ3v) is 7.94. The van der Waals surface area contributed by atoms with E-state index < -0.39 is 5.41 Å². The van der Waals surface area contributed by atoms with Gasteiger partial charge in [0.15, 0.2) is 12.1 Å². The molecule has 190 valence electrons. The normalized spacial score (nSPS) is 22.4. The van der Waals surface area contributed by atoms with E-state index in [2.05, 4.69) is 5.32 Å². The highest BCUT2D eigenvalue weighted by Gasteiger charge is 2.45. The fraction of sp³-hybridized carbons (Fsp3) is 0.536. The number of halogens is 2. The topological polar surface area (TPSA) is 56.8 Å². The monoisotopic (exact) mass is 519 g/mol. The van der Waals surface area contributed by atoms with E-state index >= 15 is 0 Å². The maximum Gasteiger partial charge on any atom is 0.157 e. The highest BCUT2D eigenvalue weighted by Crippen LogP contribution is 2.43. The molecule has 0 aliphatic carbocycles. The van der Waals surface area contributed by atoms with Crippen LogP contribution < -0.4 is 10.1 Å². The Kier molecular flexibility index (Phi) is 9.48. The van der Waals surface area contributed by atoms with Gasteiger partial charge in [0, 0.05) is 25.7 Å². The van der Waals surface area contributed by atoms with Crippen LogP contribution in [-0.4, -0.2) is 45.5 Å². The van der Waals surface area contributed by atoms with Crippen molar-refractivity contribution in [2.24, 2.45) is 5.92 Å². The molecule has 2 aromatic carbocycles. The van der Waals surface area contributed by atoms with Gasteiger partial charge in [-0.3, -0.25) is 4.79 Å². The van der Waals surface area contributed by atoms with Crippen molar-refractivity contribution in [1.29, 1.82) is 0 Å². The molecule has 0 amide bonds. The molecule has 0 aromatic heterocycles. The Morgan fingerprint density at radius 1 is 1.09 bits per heavy atom. The molecule has 0 spiro atoms. The van der Waals surface area contributed by atoms with Gasteiger partial charge in [0.25, 0.3) is 0 Å². The first kappa shape index (κ1) is 26.4. The van der Waals surface area contributed by atoms with Crippen LogP contribution in [0.4, 0.5) is 0 Å². The van der Waals surface area contributed by atoms with Gasteiger partial charge < -0.3 is 19.5 Å². The van der Waals surface area contributed by atoms with Gasteiger partial charge in [-0.15, -0.1) is 0 Å². The lowest BCUT2D eigenvalue weighted by Crippen LogP contribution is -2.46. The molecule has 0 saturated carbocycles. The van der Waals surface area contributed by atoms with Crippen molar-refractivity contribution >= 4 is 29.0 Å². The summed E-state index contributed by atoms with van der Waals surface area (Å²) < 4.78 is 17.3. The van der Waals surface area contributed by atoms with Crippen molar-refractivity contribution in [3.05, 3.63) is 63.6 Å². The number of nitrogens with one attached hydrogen (secondary N) is 1. The molecule has 3 unspecified atom stereocenters. The molecule has 1 N–H and O–H groups in total. The van der Waals surface area contributed by atoms with Crippen molar-refractivity contribution in [1.82, 2.24) is 5.32 Å². The number of Topliss-reactive ketones (excluding diaryl/α,β-unsaturated/α-hetero) is 1. The van der Waals surface area contributed by atoms with Crippen LogP contribution >= 0.6 is 23.2 Å². The van der Waals surface area contributed by atoms with Crippen molar-refractivity contribution < 1.29 is 19.0 Å². The van der Waals surface area contributed by atoms with Crippen LogP contribution in [0.3, 0.4) is 0 Å². The molecule has 3 atom stereocenters. The van der Waals surface area contributed by atoms with E-state index in [1.54, 1.807) is 13.2 Å². The molecule has 2 saturated heterocycles. The van der Waals surface area contributed by atoms with E-state index in [1.165, 1.54) is 0 Å². The molecule has 2 heterocycles. The second kappa shape index (κ2) is 12.6. The van der Waals surface area contributed by atoms with Crippen LogP contribution in [0.5, 0.6) is 5.75 Å². The number of ketones is 1. The summed E-state index contributed by atoms with van der Waals surface area (Å²) in [4.78, 5) is 14.5. The van der Waals surface area contributed by atoms with Gasteiger partial charge in [-0.1, -0.05) is 41.4 Å². The third kappa shape index (κ3) is 6.20. The zero-order chi connectivity index (χ0) is 24.7. The highest BCUT2D eigenvalue weighted by molar-refractivity contribution is 6.42. The lowest BCUT2D eigenvalue weighted by Gasteiger charge is -2.38. The van der Waals surface area contributed by atoms with Crippen LogP contribution in [-0.2, 0) is 19.7 Å². The Hall–Kier alpha value is -1.63. The fourth-order valence-corrected chi connectivity index (χ4v) is 5.63. The first-order valence-electron chi connectivity index (χ1n) is 12.6. The van der Waals surface area contributed by atoms with Crippen LogP contribution in [0.2, 0.25) is 10.0 Å². The smallest absolute Gasteiger partial charge is 0.157 e. The third-order valence-electron chi connectivity index (χ3n) is 7.20. The second-order valence-electron chi connectivity index (χ2n) is 9.44. The summed E-state index contributed by atoms with van der Waals surface area (Å²) in [7, 11) is 1.64. The Labute approximate surface area is 218 Å². The number of hydrogen-bond acceptors (Lipinski definition) is 5. The number of piperidine rings is 1. The van der Waals surface area contributed by atoms with Gasteiger partial charge in [-0.05, 0) is 86.9 Å². The van der Waals surface area contributed by atoms with Gasteiger partial charge in [0.1, 0.15) is 5.75 Å². The first-order chi connectivity index (χ1) is 17.0. The fourth-order valence-electron chi connectivity index (χ4n) is 5.33. The molecule has 2 aliphatic heterocycles. The molecule has 2 aliphatic rings. The van der Waals surface area contributed by atoms with Gasteiger partial charge >= 0.3 is 0 Å². The standard InChI is InChI=1S/C28H35Cl2NO4/c1-33-23-9-4-8-21(17-23)28(22-11-12-24(29)25(30)18-22,27(32)20-7-5-14-31-19-20)13-6-16-35-26-10-2-3-15-34-26/h4,8-9,11-12,17-18,20,26,31H,2-3,5-7,10,13-16,19H2,1H3. The maximum atomic E-state index is 14.5. The van der Waals surface area contributed by atoms with Gasteiger partial charge in [0.05, 0.1) is 22.6 Å². The minimum atomic E-state index is -0.900. The second-order valence-corrected chi connectivity index (χ2v) is 10.3. The summed E-state index contributed by atoms with van der Waals surface area (Å²) in [6.45, 7) is 2.89. The van der Waals surface area contributed by atoms with E-state index in [4.69, 9.17) is 37.4 Å². The number of carbonyl (C=O) groups is 1. The first-order valence-corrected chi connectivity index (χ1v) is 13.4. The van der Waals surface area contributed by atoms with E-state index in [-0.39, 0.29) is 18.0 Å². The molecular weight excluding hydrogens is 485 g/mol. The van der Waals surface area contributed by atoms with Crippen molar-refractivity contribution in [3.8, 4) is 5.75 Å². The quantitative estimate of drug-likeness (QED) is 0.379. The summed E-state index contributed by atoms with van der Waals surface area (Å²) in [6, 6.07) is 13.4. The zero-order valence-electron chi connectivity index (χ0n) is 20.4. The van der Waals surface area contributed by atoms with Crippen LogP contribution in [0.25, 0.3) is 0 Å². The molecule has 35 heavy (non-hydrogen) atoms. The van der Waals surface area contributed by atoms with E-state index in [1.807, 2.05) is 36.4 Å². The number of methoxy groups -OCH3 is 1. The predicted octanol–water partition coefficient (Wildman–Crippen LogP) is 6.18. The number of benzene rings is 2. The molecule has 0 radical (unpaired) electrons. The molecule has 7 heteroatoms. The molecule has 4 rings (SSSR count). The number of rotatable bonds is 10. The highest BCUT2D eigenvalue weighted by atomic mass is 35.5. The molecular formula is C28H35Cl2NO4. The van der Waals surface area contributed by atoms with Crippen LogP contribution in [0, 0.1) is 5.92 Å². The van der Waals surface area contributed by atoms with Crippen LogP contribution in [0.1, 0.15) is 56.1 Å². The SMILES string of the molecule is COc1cccc(C(CCCOC2CCCCO2)(C(=O)C2CCCNC2)c2ccc(Cl)c(Cl)c2)c1. The van der Waals surface area contributed by atoms with Crippen molar-refractivity contribution in [2.45, 2.75) is 56.7 Å². The Morgan fingerprint density at radius 2 is 1.94 bits per heavy atom. The van der Waals surface area contributed by atoms with E-state index in [0.29, 0.717) is 41.8 Å². The predicted molar refractivity (Wildman–Crippen MR) is 140 cm³/mol. The number of ether oxygens (including phenoxy) is 3. The molecule has 2 fully saturated rings. The number of carbonyl (C=O) groups excluding carboxylic acids is 1. The lowest BCUT2D eigenvalue weighted by atomic mass is 9.64. The zero-order valence-corrected chi connectivity index (χ0v) is 21.9. The molecule has 2 aromatic rings. The largest absolute Gasteiger partial charge is 0.497 e. The average Bonchev–Trinajstić information content (AvgIpc) is 2.91. The Balaban J connectivity index is 1.72. The van der Waals surface area contributed by atoms with Crippen molar-refractivity contribution in [3.63, 3.8) is 0 Å². The minimum Gasteiger partial charge on any atom is -0.497 e. The summed E-state index contributed by atoms with van der Waals surface area (Å²) in [5.74, 6) is 0.825. The summed E-state index contributed by atoms with van der Waals surface area (Å²) in [5, 5.41) is 4.32. The summed E-state index contributed by atoms with van der Waals surface area (Å²) in [6.07, 6.45) is 6.09. The lowest BCUT2D eigenvalue weighted by molar-refractivity contribution is -0.163. The molecule has 0 bridgehead atoms. The van der Waals surface area contributed by atoms with E-state index in [9.17, 15) is 4.79 Å².